The van der Waals surface area contributed by atoms with Crippen LogP contribution in [0.4, 0.5) is 0 Å². The van der Waals surface area contributed by atoms with E-state index < -0.39 is 0 Å². The molecule has 0 fully saturated rings. The number of hydrogen-bond donors (Lipinski definition) is 2. The average Bonchev–Trinajstić information content (AvgIpc) is 2.79. The van der Waals surface area contributed by atoms with Crippen molar-refractivity contribution in [3.63, 3.8) is 0 Å². The van der Waals surface area contributed by atoms with Gasteiger partial charge in [-0.2, -0.15) is 0 Å². The minimum absolute atomic E-state index is 0.130. The van der Waals surface area contributed by atoms with Gasteiger partial charge in [-0.3, -0.25) is 4.99 Å². The Morgan fingerprint density at radius 1 is 1.55 bits per heavy atom. The van der Waals surface area contributed by atoms with Gasteiger partial charge in [0.25, 0.3) is 0 Å². The molecule has 0 saturated heterocycles. The number of aliphatic hydroxyl groups is 1. The molecule has 1 heterocycles. The molecule has 20 heavy (non-hydrogen) atoms. The zero-order valence-electron chi connectivity index (χ0n) is 13.1. The maximum absolute atomic E-state index is 9.30. The van der Waals surface area contributed by atoms with Crippen molar-refractivity contribution in [2.75, 3.05) is 26.7 Å². The van der Waals surface area contributed by atoms with Crippen molar-refractivity contribution in [3.8, 4) is 0 Å². The Balaban J connectivity index is 2.71. The first kappa shape index (κ1) is 16.9. The summed E-state index contributed by atoms with van der Waals surface area (Å²) in [5.41, 5.74) is 0.862. The van der Waals surface area contributed by atoms with Crippen LogP contribution < -0.4 is 5.32 Å². The summed E-state index contributed by atoms with van der Waals surface area (Å²) in [6, 6.07) is 0. The van der Waals surface area contributed by atoms with E-state index in [0.29, 0.717) is 6.54 Å². The number of nitrogens with zero attached hydrogens (tertiary/aromatic N) is 3. The molecule has 0 aliphatic rings. The first-order valence-corrected chi connectivity index (χ1v) is 7.77. The minimum atomic E-state index is -0.196. The third-order valence-electron chi connectivity index (χ3n) is 2.85. The van der Waals surface area contributed by atoms with E-state index in [9.17, 15) is 5.11 Å². The molecular weight excluding hydrogens is 272 g/mol. The summed E-state index contributed by atoms with van der Waals surface area (Å²) >= 11 is 1.66. The second kappa shape index (κ2) is 7.59. The molecule has 0 aliphatic heterocycles. The van der Waals surface area contributed by atoms with Gasteiger partial charge >= 0.3 is 0 Å². The summed E-state index contributed by atoms with van der Waals surface area (Å²) in [7, 11) is 2.00. The van der Waals surface area contributed by atoms with Crippen LogP contribution in [0, 0.1) is 12.3 Å². The molecule has 0 aromatic carbocycles. The normalized spacial score (nSPS) is 12.6. The molecule has 0 saturated carbocycles. The highest BCUT2D eigenvalue weighted by atomic mass is 32.1. The number of aliphatic hydroxyl groups excluding tert-OH is 1. The summed E-state index contributed by atoms with van der Waals surface area (Å²) < 4.78 is 0. The third-order valence-corrected chi connectivity index (χ3v) is 3.67. The van der Waals surface area contributed by atoms with Gasteiger partial charge in [0.2, 0.25) is 0 Å². The lowest BCUT2D eigenvalue weighted by atomic mass is 9.95. The second-order valence-electron chi connectivity index (χ2n) is 5.71. The number of hydrogen-bond acceptors (Lipinski definition) is 4. The molecule has 5 nitrogen and oxygen atoms in total. The van der Waals surface area contributed by atoms with Crippen LogP contribution in [-0.2, 0) is 6.54 Å². The van der Waals surface area contributed by atoms with Crippen LogP contribution >= 0.6 is 11.3 Å². The van der Waals surface area contributed by atoms with E-state index in [0.717, 1.165) is 29.8 Å². The summed E-state index contributed by atoms with van der Waals surface area (Å²) in [5, 5.41) is 15.7. The molecule has 0 unspecified atom stereocenters. The van der Waals surface area contributed by atoms with Crippen molar-refractivity contribution in [3.05, 3.63) is 16.1 Å². The van der Waals surface area contributed by atoms with E-state index in [4.69, 9.17) is 0 Å². The van der Waals surface area contributed by atoms with Crippen LogP contribution in [0.15, 0.2) is 10.4 Å². The number of aromatic nitrogens is 1. The van der Waals surface area contributed by atoms with Gasteiger partial charge in [-0.15, -0.1) is 11.3 Å². The van der Waals surface area contributed by atoms with Gasteiger partial charge in [-0.25, -0.2) is 4.98 Å². The fourth-order valence-corrected chi connectivity index (χ4v) is 2.21. The Labute approximate surface area is 125 Å². The predicted octanol–water partition coefficient (Wildman–Crippen LogP) is 1.87. The van der Waals surface area contributed by atoms with Gasteiger partial charge in [-0.05, 0) is 13.8 Å². The van der Waals surface area contributed by atoms with Crippen LogP contribution in [0.5, 0.6) is 0 Å². The molecule has 114 valence electrons. The monoisotopic (exact) mass is 298 g/mol. The standard InChI is InChI=1S/C14H26N4OS/c1-6-15-13(16-9-14(3,4)10-19)18(5)7-12-8-20-11(2)17-12/h8,19H,6-7,9-10H2,1-5H3,(H,15,16). The van der Waals surface area contributed by atoms with Gasteiger partial charge in [0.05, 0.1) is 23.8 Å². The molecule has 1 rings (SSSR count). The lowest BCUT2D eigenvalue weighted by molar-refractivity contribution is 0.167. The summed E-state index contributed by atoms with van der Waals surface area (Å²) in [6.45, 7) is 10.3. The lowest BCUT2D eigenvalue weighted by Crippen LogP contribution is -2.39. The van der Waals surface area contributed by atoms with Crippen LogP contribution in [0.25, 0.3) is 0 Å². The van der Waals surface area contributed by atoms with Crippen molar-refractivity contribution in [1.29, 1.82) is 0 Å². The first-order valence-electron chi connectivity index (χ1n) is 6.89. The van der Waals surface area contributed by atoms with E-state index in [2.05, 4.69) is 25.6 Å². The van der Waals surface area contributed by atoms with E-state index in [1.165, 1.54) is 0 Å². The van der Waals surface area contributed by atoms with Crippen LogP contribution in [0.2, 0.25) is 0 Å². The molecule has 2 N–H and O–H groups in total. The molecular formula is C14H26N4OS. The maximum Gasteiger partial charge on any atom is 0.194 e. The molecule has 0 amide bonds. The van der Waals surface area contributed by atoms with Crippen LogP contribution in [0.3, 0.4) is 0 Å². The van der Waals surface area contributed by atoms with Gasteiger partial charge in [-0.1, -0.05) is 13.8 Å². The molecule has 6 heteroatoms. The summed E-state index contributed by atoms with van der Waals surface area (Å²) in [4.78, 5) is 11.1. The molecule has 0 radical (unpaired) electrons. The smallest absolute Gasteiger partial charge is 0.194 e. The molecule has 1 aromatic heterocycles. The van der Waals surface area contributed by atoms with Crippen LogP contribution in [-0.4, -0.2) is 47.7 Å². The van der Waals surface area contributed by atoms with Crippen molar-refractivity contribution >= 4 is 17.3 Å². The summed E-state index contributed by atoms with van der Waals surface area (Å²) in [6.07, 6.45) is 0. The van der Waals surface area contributed by atoms with Crippen molar-refractivity contribution in [2.45, 2.75) is 34.2 Å². The number of guanidine groups is 1. The molecule has 1 aromatic rings. The maximum atomic E-state index is 9.30. The zero-order valence-corrected chi connectivity index (χ0v) is 13.9. The molecule has 0 bridgehead atoms. The Morgan fingerprint density at radius 3 is 2.75 bits per heavy atom. The van der Waals surface area contributed by atoms with Crippen LogP contribution in [0.1, 0.15) is 31.5 Å². The molecule has 0 aliphatic carbocycles. The van der Waals surface area contributed by atoms with Gasteiger partial charge < -0.3 is 15.3 Å². The van der Waals surface area contributed by atoms with E-state index >= 15 is 0 Å². The topological polar surface area (TPSA) is 60.8 Å². The molecule has 0 atom stereocenters. The molecule has 0 spiro atoms. The fraction of sp³-hybridized carbons (Fsp3) is 0.714. The second-order valence-corrected chi connectivity index (χ2v) is 6.77. The quantitative estimate of drug-likeness (QED) is 0.622. The van der Waals surface area contributed by atoms with Gasteiger partial charge in [0, 0.05) is 31.0 Å². The number of rotatable bonds is 6. The van der Waals surface area contributed by atoms with E-state index in [-0.39, 0.29) is 12.0 Å². The highest BCUT2D eigenvalue weighted by Gasteiger charge is 2.17. The Hall–Kier alpha value is -1.14. The Kier molecular flexibility index (Phi) is 6.42. The Bertz CT molecular complexity index is 442. The third kappa shape index (κ3) is 5.46. The number of aliphatic imine (C=N–C) groups is 1. The highest BCUT2D eigenvalue weighted by Crippen LogP contribution is 2.14. The van der Waals surface area contributed by atoms with E-state index in [1.807, 2.05) is 34.7 Å². The largest absolute Gasteiger partial charge is 0.396 e. The zero-order chi connectivity index (χ0) is 15.2. The lowest BCUT2D eigenvalue weighted by Gasteiger charge is -2.24. The predicted molar refractivity (Wildman–Crippen MR) is 85.2 cm³/mol. The number of aryl methyl sites for hydroxylation is 1. The van der Waals surface area contributed by atoms with Crippen molar-refractivity contribution in [2.24, 2.45) is 10.4 Å². The van der Waals surface area contributed by atoms with Gasteiger partial charge in [0.15, 0.2) is 5.96 Å². The number of nitrogens with one attached hydrogen (secondary N) is 1. The van der Waals surface area contributed by atoms with Gasteiger partial charge in [0.1, 0.15) is 0 Å². The van der Waals surface area contributed by atoms with Crippen molar-refractivity contribution < 1.29 is 5.11 Å². The fourth-order valence-electron chi connectivity index (χ4n) is 1.61. The van der Waals surface area contributed by atoms with Crippen molar-refractivity contribution in [1.82, 2.24) is 15.2 Å². The van der Waals surface area contributed by atoms with E-state index in [1.54, 1.807) is 11.3 Å². The first-order chi connectivity index (χ1) is 9.38. The number of thiazole rings is 1. The Morgan fingerprint density at radius 2 is 2.25 bits per heavy atom. The summed E-state index contributed by atoms with van der Waals surface area (Å²) in [5.74, 6) is 0.847. The minimum Gasteiger partial charge on any atom is -0.396 e. The SMILES string of the molecule is CCNC(=NCC(C)(C)CO)N(C)Cc1csc(C)n1. The highest BCUT2D eigenvalue weighted by molar-refractivity contribution is 7.09. The average molecular weight is 298 g/mol.